The molecule has 0 spiro atoms. The fraction of sp³-hybridized carbons (Fsp3) is 0.214. The second-order valence-corrected chi connectivity index (χ2v) is 7.47. The van der Waals surface area contributed by atoms with Crippen LogP contribution in [0.4, 0.5) is 0 Å². The molecular weight excluding hydrogens is 242 g/mol. The Morgan fingerprint density at radius 3 is 2.00 bits per heavy atom. The molecule has 1 aromatic heterocycles. The molecule has 0 bridgehead atoms. The molecule has 0 fully saturated rings. The van der Waals surface area contributed by atoms with Crippen LogP contribution in [0.25, 0.3) is 11.1 Å². The zero-order chi connectivity index (χ0) is 13.2. The Kier molecular flexibility index (Phi) is 3.61. The molecule has 0 aliphatic heterocycles. The first-order valence-corrected chi connectivity index (χ1v) is 8.22. The summed E-state index contributed by atoms with van der Waals surface area (Å²) in [6.45, 7) is 1.77. The van der Waals surface area contributed by atoms with Gasteiger partial charge in [-0.05, 0) is 22.9 Å². The van der Waals surface area contributed by atoms with E-state index in [4.69, 9.17) is 4.43 Å². The number of nitrogens with zero attached hydrogens (tertiary/aromatic N) is 1. The fourth-order valence-electron chi connectivity index (χ4n) is 1.78. The summed E-state index contributed by atoms with van der Waals surface area (Å²) in [4.78, 5) is 10.1. The van der Waals surface area contributed by atoms with Crippen molar-refractivity contribution in [1.82, 2.24) is 0 Å². The third-order valence-corrected chi connectivity index (χ3v) is 5.33. The Labute approximate surface area is 109 Å². The number of benzene rings is 1. The zero-order valence-corrected chi connectivity index (χ0v) is 11.9. The number of aromatic nitrogens is 1. The first-order chi connectivity index (χ1) is 8.53. The molecule has 4 heteroatoms. The molecule has 0 radical (unpaired) electrons. The van der Waals surface area contributed by atoms with Crippen LogP contribution in [0, 0.1) is 0 Å². The van der Waals surface area contributed by atoms with Crippen molar-refractivity contribution in [3.8, 4) is 11.1 Å². The maximum Gasteiger partial charge on any atom is 0.366 e. The first kappa shape index (κ1) is 13.0. The minimum Gasteiger partial charge on any atom is -0.407 e. The van der Waals surface area contributed by atoms with Gasteiger partial charge in [0.1, 0.15) is 7.05 Å². The van der Waals surface area contributed by atoms with Crippen LogP contribution in [0.2, 0.25) is 6.55 Å². The summed E-state index contributed by atoms with van der Waals surface area (Å²) in [7, 11) is 0.857. The molecule has 0 saturated heterocycles. The van der Waals surface area contributed by atoms with Crippen LogP contribution in [-0.2, 0) is 11.5 Å². The van der Waals surface area contributed by atoms with E-state index in [2.05, 4.69) is 12.1 Å². The van der Waals surface area contributed by atoms with Gasteiger partial charge in [-0.2, -0.15) is 0 Å². The predicted octanol–water partition coefficient (Wildman–Crippen LogP) is 1.10. The molecule has 1 N–H and O–H groups in total. The number of pyridine rings is 1. The number of hydrogen-bond donors (Lipinski definition) is 1. The van der Waals surface area contributed by atoms with Crippen molar-refractivity contribution >= 4 is 13.7 Å². The summed E-state index contributed by atoms with van der Waals surface area (Å²) in [6, 6.07) is 12.1. The molecule has 0 aliphatic carbocycles. The predicted molar refractivity (Wildman–Crippen MR) is 73.5 cm³/mol. The largest absolute Gasteiger partial charge is 0.407 e. The monoisotopic (exact) mass is 260 g/mol. The van der Waals surface area contributed by atoms with Crippen molar-refractivity contribution in [3.05, 3.63) is 48.8 Å². The Hall–Kier alpha value is -1.49. The van der Waals surface area contributed by atoms with E-state index >= 15 is 0 Å². The molecule has 1 atom stereocenters. The van der Waals surface area contributed by atoms with E-state index in [0.717, 1.165) is 10.8 Å². The van der Waals surface area contributed by atoms with E-state index in [1.54, 1.807) is 13.7 Å². The third-order valence-electron chi connectivity index (χ3n) is 3.13. The second-order valence-electron chi connectivity index (χ2n) is 4.52. The van der Waals surface area contributed by atoms with Gasteiger partial charge >= 0.3 is 8.56 Å². The van der Waals surface area contributed by atoms with Gasteiger partial charge < -0.3 is 9.22 Å². The summed E-state index contributed by atoms with van der Waals surface area (Å²) in [5.41, 5.74) is 2.30. The van der Waals surface area contributed by atoms with Gasteiger partial charge in [0.15, 0.2) is 12.4 Å². The molecule has 3 nitrogen and oxygen atoms in total. The van der Waals surface area contributed by atoms with Crippen molar-refractivity contribution < 1.29 is 13.8 Å². The van der Waals surface area contributed by atoms with Crippen molar-refractivity contribution in [2.24, 2.45) is 7.05 Å². The number of aryl methyl sites for hydroxylation is 1. The van der Waals surface area contributed by atoms with Crippen LogP contribution in [0.3, 0.4) is 0 Å². The quantitative estimate of drug-likeness (QED) is 0.662. The Morgan fingerprint density at radius 2 is 1.50 bits per heavy atom. The van der Waals surface area contributed by atoms with E-state index < -0.39 is 8.56 Å². The fourth-order valence-corrected chi connectivity index (χ4v) is 2.80. The smallest absolute Gasteiger partial charge is 0.366 e. The Balaban J connectivity index is 2.30. The molecule has 2 aromatic rings. The van der Waals surface area contributed by atoms with E-state index in [-0.39, 0.29) is 0 Å². The van der Waals surface area contributed by atoms with Crippen molar-refractivity contribution in [2.45, 2.75) is 6.55 Å². The average Bonchev–Trinajstić information content (AvgIpc) is 2.40. The molecule has 18 heavy (non-hydrogen) atoms. The Bertz CT molecular complexity index is 520. The lowest BCUT2D eigenvalue weighted by atomic mass is 10.1. The molecule has 1 unspecified atom stereocenters. The van der Waals surface area contributed by atoms with Crippen LogP contribution < -0.4 is 9.75 Å². The highest BCUT2D eigenvalue weighted by atomic mass is 28.4. The first-order valence-electron chi connectivity index (χ1n) is 5.86. The zero-order valence-electron chi connectivity index (χ0n) is 10.9. The van der Waals surface area contributed by atoms with Crippen LogP contribution in [0.5, 0.6) is 0 Å². The number of hydrogen-bond acceptors (Lipinski definition) is 2. The molecular formula is C14H18NO2Si+. The number of rotatable bonds is 3. The van der Waals surface area contributed by atoms with E-state index in [0.29, 0.717) is 0 Å². The molecule has 0 saturated carbocycles. The lowest BCUT2D eigenvalue weighted by molar-refractivity contribution is -0.671. The summed E-state index contributed by atoms with van der Waals surface area (Å²) in [6.07, 6.45) is 4.03. The van der Waals surface area contributed by atoms with Gasteiger partial charge in [0.2, 0.25) is 0 Å². The van der Waals surface area contributed by atoms with Crippen LogP contribution in [0.1, 0.15) is 0 Å². The lowest BCUT2D eigenvalue weighted by Gasteiger charge is -2.17. The SMILES string of the molecule is CO[Si](C)(O)c1ccc(-c2cc[n+](C)cc2)cc1. The minimum atomic E-state index is -2.69. The van der Waals surface area contributed by atoms with Gasteiger partial charge in [0.05, 0.1) is 0 Å². The molecule has 1 aromatic carbocycles. The third kappa shape index (κ3) is 2.67. The van der Waals surface area contributed by atoms with Gasteiger partial charge in [-0.25, -0.2) is 4.57 Å². The lowest BCUT2D eigenvalue weighted by Crippen LogP contribution is -2.47. The summed E-state index contributed by atoms with van der Waals surface area (Å²) in [5, 5.41) is 0.884. The molecule has 2 rings (SSSR count). The van der Waals surface area contributed by atoms with Crippen LogP contribution in [0.15, 0.2) is 48.8 Å². The van der Waals surface area contributed by atoms with Gasteiger partial charge in [-0.3, -0.25) is 0 Å². The van der Waals surface area contributed by atoms with E-state index in [9.17, 15) is 4.80 Å². The van der Waals surface area contributed by atoms with Crippen molar-refractivity contribution in [2.75, 3.05) is 7.11 Å². The van der Waals surface area contributed by atoms with Crippen LogP contribution >= 0.6 is 0 Å². The van der Waals surface area contributed by atoms with Crippen molar-refractivity contribution in [3.63, 3.8) is 0 Å². The minimum absolute atomic E-state index is 0.884. The van der Waals surface area contributed by atoms with Gasteiger partial charge in [-0.15, -0.1) is 0 Å². The summed E-state index contributed by atoms with van der Waals surface area (Å²) in [5.74, 6) is 0. The second kappa shape index (κ2) is 5.02. The molecule has 0 amide bonds. The highest BCUT2D eigenvalue weighted by molar-refractivity contribution is 6.78. The van der Waals surface area contributed by atoms with Gasteiger partial charge in [0.25, 0.3) is 0 Å². The van der Waals surface area contributed by atoms with E-state index in [1.807, 2.05) is 48.3 Å². The Morgan fingerprint density at radius 1 is 1.00 bits per heavy atom. The standard InChI is InChI=1S/C14H18NO2Si/c1-15-10-8-13(9-11-15)12-4-6-14(7-5-12)18(3,16)17-2/h4-11,16H,1-3H3/q+1. The van der Waals surface area contributed by atoms with Gasteiger partial charge in [0, 0.05) is 19.2 Å². The van der Waals surface area contributed by atoms with Crippen LogP contribution in [-0.4, -0.2) is 20.5 Å². The maximum absolute atomic E-state index is 10.1. The highest BCUT2D eigenvalue weighted by Gasteiger charge is 2.27. The van der Waals surface area contributed by atoms with Gasteiger partial charge in [-0.1, -0.05) is 24.3 Å². The van der Waals surface area contributed by atoms with Crippen molar-refractivity contribution in [1.29, 1.82) is 0 Å². The molecule has 94 valence electrons. The highest BCUT2D eigenvalue weighted by Crippen LogP contribution is 2.16. The average molecular weight is 260 g/mol. The summed E-state index contributed by atoms with van der Waals surface area (Å²) < 4.78 is 7.18. The topological polar surface area (TPSA) is 33.3 Å². The van der Waals surface area contributed by atoms with E-state index in [1.165, 1.54) is 5.56 Å². The molecule has 1 heterocycles. The molecule has 0 aliphatic rings. The normalized spacial score (nSPS) is 14.2. The maximum atomic E-state index is 10.1. The summed E-state index contributed by atoms with van der Waals surface area (Å²) >= 11 is 0.